The predicted octanol–water partition coefficient (Wildman–Crippen LogP) is 3.27. The zero-order valence-electron chi connectivity index (χ0n) is 11.1. The Morgan fingerprint density at radius 1 is 1.29 bits per heavy atom. The molecule has 0 radical (unpaired) electrons. The molecule has 0 saturated carbocycles. The van der Waals surface area contributed by atoms with Crippen LogP contribution in [0, 0.1) is 11.3 Å². The zero-order valence-corrected chi connectivity index (χ0v) is 11.8. The second-order valence-electron chi connectivity index (χ2n) is 4.43. The van der Waals surface area contributed by atoms with Crippen molar-refractivity contribution in [3.8, 4) is 6.07 Å². The van der Waals surface area contributed by atoms with E-state index in [-0.39, 0.29) is 6.42 Å². The van der Waals surface area contributed by atoms with Crippen LogP contribution in [0.5, 0.6) is 0 Å². The molecule has 0 spiro atoms. The SMILES string of the molecule is N#CCC(=O)Nc1ccc(Cl)cc1C(O)c1ccccc1. The van der Waals surface area contributed by atoms with Gasteiger partial charge in [0.2, 0.25) is 5.91 Å². The second kappa shape index (κ2) is 6.89. The van der Waals surface area contributed by atoms with Crippen LogP contribution < -0.4 is 5.32 Å². The van der Waals surface area contributed by atoms with Gasteiger partial charge in [0, 0.05) is 16.3 Å². The summed E-state index contributed by atoms with van der Waals surface area (Å²) in [4.78, 5) is 11.6. The number of amides is 1. The summed E-state index contributed by atoms with van der Waals surface area (Å²) in [6.45, 7) is 0. The molecule has 0 aliphatic rings. The van der Waals surface area contributed by atoms with Crippen LogP contribution >= 0.6 is 11.6 Å². The van der Waals surface area contributed by atoms with Crippen molar-refractivity contribution in [3.63, 3.8) is 0 Å². The highest BCUT2D eigenvalue weighted by molar-refractivity contribution is 6.30. The van der Waals surface area contributed by atoms with Gasteiger partial charge in [-0.1, -0.05) is 41.9 Å². The molecule has 0 heterocycles. The van der Waals surface area contributed by atoms with Crippen molar-refractivity contribution in [3.05, 3.63) is 64.7 Å². The van der Waals surface area contributed by atoms with Gasteiger partial charge in [-0.2, -0.15) is 5.26 Å². The maximum absolute atomic E-state index is 11.6. The molecule has 0 fully saturated rings. The Bertz CT molecular complexity index is 680. The topological polar surface area (TPSA) is 73.1 Å². The molecule has 4 nitrogen and oxygen atoms in total. The predicted molar refractivity (Wildman–Crippen MR) is 80.8 cm³/mol. The lowest BCUT2D eigenvalue weighted by Crippen LogP contribution is -2.13. The molecule has 2 aromatic carbocycles. The van der Waals surface area contributed by atoms with Crippen LogP contribution in [-0.2, 0) is 4.79 Å². The summed E-state index contributed by atoms with van der Waals surface area (Å²) in [5, 5.41) is 22.1. The molecule has 0 saturated heterocycles. The third kappa shape index (κ3) is 3.82. The quantitative estimate of drug-likeness (QED) is 0.910. The standard InChI is InChI=1S/C16H13ClN2O2/c17-12-6-7-14(19-15(20)8-9-18)13(10-12)16(21)11-4-2-1-3-5-11/h1-7,10,16,21H,8H2,(H,19,20). The average Bonchev–Trinajstić information content (AvgIpc) is 2.49. The van der Waals surface area contributed by atoms with E-state index in [0.29, 0.717) is 21.8 Å². The molecule has 106 valence electrons. The van der Waals surface area contributed by atoms with E-state index < -0.39 is 12.0 Å². The van der Waals surface area contributed by atoms with Gasteiger partial charge < -0.3 is 10.4 Å². The summed E-state index contributed by atoms with van der Waals surface area (Å²) in [5.41, 5.74) is 1.62. The van der Waals surface area contributed by atoms with Gasteiger partial charge in [0.05, 0.1) is 6.07 Å². The molecule has 2 N–H and O–H groups in total. The van der Waals surface area contributed by atoms with Crippen molar-refractivity contribution in [2.75, 3.05) is 5.32 Å². The van der Waals surface area contributed by atoms with E-state index in [9.17, 15) is 9.90 Å². The minimum Gasteiger partial charge on any atom is -0.384 e. The molecule has 1 amide bonds. The van der Waals surface area contributed by atoms with Gasteiger partial charge in [0.25, 0.3) is 0 Å². The summed E-state index contributed by atoms with van der Waals surface area (Å²) in [6, 6.07) is 15.7. The van der Waals surface area contributed by atoms with Crippen molar-refractivity contribution in [1.29, 1.82) is 5.26 Å². The van der Waals surface area contributed by atoms with Crippen LogP contribution in [0.2, 0.25) is 5.02 Å². The van der Waals surface area contributed by atoms with Crippen LogP contribution in [0.25, 0.3) is 0 Å². The molecule has 0 aromatic heterocycles. The number of carbonyl (C=O) groups is 1. The number of halogens is 1. The Morgan fingerprint density at radius 3 is 2.67 bits per heavy atom. The minimum absolute atomic E-state index is 0.247. The van der Waals surface area contributed by atoms with E-state index in [1.165, 1.54) is 0 Å². The number of nitrogens with zero attached hydrogens (tertiary/aromatic N) is 1. The summed E-state index contributed by atoms with van der Waals surface area (Å²) < 4.78 is 0. The first-order valence-electron chi connectivity index (χ1n) is 6.31. The van der Waals surface area contributed by atoms with Crippen molar-refractivity contribution in [2.24, 2.45) is 0 Å². The fraction of sp³-hybridized carbons (Fsp3) is 0.125. The Kier molecular flexibility index (Phi) is 4.94. The molecule has 21 heavy (non-hydrogen) atoms. The van der Waals surface area contributed by atoms with Crippen molar-refractivity contribution in [1.82, 2.24) is 0 Å². The van der Waals surface area contributed by atoms with E-state index in [1.807, 2.05) is 18.2 Å². The molecule has 5 heteroatoms. The van der Waals surface area contributed by atoms with Crippen LogP contribution in [0.15, 0.2) is 48.5 Å². The molecule has 0 bridgehead atoms. The number of carbonyl (C=O) groups excluding carboxylic acids is 1. The third-order valence-corrected chi connectivity index (χ3v) is 3.17. The molecule has 2 rings (SSSR count). The van der Waals surface area contributed by atoms with Crippen LogP contribution in [0.1, 0.15) is 23.7 Å². The number of nitriles is 1. The van der Waals surface area contributed by atoms with Gasteiger partial charge in [-0.15, -0.1) is 0 Å². The number of nitrogens with one attached hydrogen (secondary N) is 1. The lowest BCUT2D eigenvalue weighted by atomic mass is 10.00. The van der Waals surface area contributed by atoms with E-state index in [1.54, 1.807) is 36.4 Å². The fourth-order valence-corrected chi connectivity index (χ4v) is 2.14. The lowest BCUT2D eigenvalue weighted by Gasteiger charge is -2.16. The highest BCUT2D eigenvalue weighted by Crippen LogP contribution is 2.30. The molecule has 1 atom stereocenters. The largest absolute Gasteiger partial charge is 0.384 e. The monoisotopic (exact) mass is 300 g/mol. The molecule has 1 unspecified atom stereocenters. The first-order valence-corrected chi connectivity index (χ1v) is 6.69. The van der Waals surface area contributed by atoms with Gasteiger partial charge in [0.15, 0.2) is 0 Å². The Balaban J connectivity index is 2.35. The maximum atomic E-state index is 11.6. The van der Waals surface area contributed by atoms with Crippen LogP contribution in [0.4, 0.5) is 5.69 Å². The number of hydrogen-bond acceptors (Lipinski definition) is 3. The van der Waals surface area contributed by atoms with Gasteiger partial charge in [-0.25, -0.2) is 0 Å². The maximum Gasteiger partial charge on any atom is 0.238 e. The molecule has 0 aliphatic heterocycles. The first-order chi connectivity index (χ1) is 10.1. The Labute approximate surface area is 127 Å². The van der Waals surface area contributed by atoms with Gasteiger partial charge >= 0.3 is 0 Å². The summed E-state index contributed by atoms with van der Waals surface area (Å²) in [7, 11) is 0. The number of aliphatic hydroxyl groups is 1. The van der Waals surface area contributed by atoms with Crippen molar-refractivity contribution >= 4 is 23.2 Å². The number of rotatable bonds is 4. The average molecular weight is 301 g/mol. The Hall–Kier alpha value is -2.35. The van der Waals surface area contributed by atoms with Crippen LogP contribution in [0.3, 0.4) is 0 Å². The smallest absolute Gasteiger partial charge is 0.238 e. The van der Waals surface area contributed by atoms with Gasteiger partial charge in [0.1, 0.15) is 12.5 Å². The second-order valence-corrected chi connectivity index (χ2v) is 4.86. The van der Waals surface area contributed by atoms with Gasteiger partial charge in [-0.3, -0.25) is 4.79 Å². The normalized spacial score (nSPS) is 11.5. The highest BCUT2D eigenvalue weighted by atomic mass is 35.5. The van der Waals surface area contributed by atoms with E-state index >= 15 is 0 Å². The molecular weight excluding hydrogens is 288 g/mol. The third-order valence-electron chi connectivity index (χ3n) is 2.94. The minimum atomic E-state index is -0.915. The van der Waals surface area contributed by atoms with E-state index in [2.05, 4.69) is 5.32 Å². The number of benzene rings is 2. The summed E-state index contributed by atoms with van der Waals surface area (Å²) >= 11 is 5.97. The number of anilines is 1. The first kappa shape index (κ1) is 15.0. The number of aliphatic hydroxyl groups excluding tert-OH is 1. The zero-order chi connectivity index (χ0) is 15.2. The fourth-order valence-electron chi connectivity index (χ4n) is 1.95. The molecule has 2 aromatic rings. The molecular formula is C16H13ClN2O2. The summed E-state index contributed by atoms with van der Waals surface area (Å²) in [5.74, 6) is -0.429. The summed E-state index contributed by atoms with van der Waals surface area (Å²) in [6.07, 6.45) is -1.16. The highest BCUT2D eigenvalue weighted by Gasteiger charge is 2.16. The van der Waals surface area contributed by atoms with Crippen LogP contribution in [-0.4, -0.2) is 11.0 Å². The van der Waals surface area contributed by atoms with E-state index in [0.717, 1.165) is 0 Å². The van der Waals surface area contributed by atoms with Gasteiger partial charge in [-0.05, 0) is 23.8 Å². The molecule has 0 aliphatic carbocycles. The van der Waals surface area contributed by atoms with Crippen molar-refractivity contribution < 1.29 is 9.90 Å². The lowest BCUT2D eigenvalue weighted by molar-refractivity contribution is -0.115. The Morgan fingerprint density at radius 2 is 2.00 bits per heavy atom. The van der Waals surface area contributed by atoms with Crippen molar-refractivity contribution in [2.45, 2.75) is 12.5 Å². The number of hydrogen-bond donors (Lipinski definition) is 2. The van der Waals surface area contributed by atoms with E-state index in [4.69, 9.17) is 16.9 Å².